The van der Waals surface area contributed by atoms with Gasteiger partial charge in [0.15, 0.2) is 0 Å². The number of carbonyl (C=O) groups is 1. The van der Waals surface area contributed by atoms with Gasteiger partial charge in [0.1, 0.15) is 5.82 Å². The van der Waals surface area contributed by atoms with Gasteiger partial charge in [0, 0.05) is 12.3 Å². The van der Waals surface area contributed by atoms with Crippen LogP contribution in [0, 0.1) is 6.92 Å². The van der Waals surface area contributed by atoms with E-state index < -0.39 is 10.0 Å². The number of nitrogens with one attached hydrogen (secondary N) is 2. The molecule has 0 atom stereocenters. The number of aromatic nitrogens is 1. The van der Waals surface area contributed by atoms with Gasteiger partial charge in [-0.2, -0.15) is 0 Å². The molecule has 0 spiro atoms. The average Bonchev–Trinajstić information content (AvgIpc) is 2.69. The molecule has 3 aromatic rings. The quantitative estimate of drug-likeness (QED) is 0.427. The zero-order valence-electron chi connectivity index (χ0n) is 15.7. The van der Waals surface area contributed by atoms with Crippen molar-refractivity contribution in [3.05, 3.63) is 84.1 Å². The minimum absolute atomic E-state index is 0.158. The number of rotatable bonds is 6. The zero-order valence-corrected chi connectivity index (χ0v) is 16.5. The molecule has 1 heterocycles. The standard InChI is InChI=1S/C21H20N4O3S/c1-15-6-10-17(11-7-15)29(27,28)25-20-12-8-16(14-23-20)9-13-21(26)24-19-5-3-2-4-18(19)22/h2-14H,22H2,1H3,(H,23,25)(H,24,26)/b13-9+. The van der Waals surface area contributed by atoms with Gasteiger partial charge in [-0.05, 0) is 55.0 Å². The second kappa shape index (κ2) is 8.57. The Kier molecular flexibility index (Phi) is 5.94. The molecular weight excluding hydrogens is 388 g/mol. The molecule has 148 valence electrons. The second-order valence-electron chi connectivity index (χ2n) is 6.31. The molecular formula is C21H20N4O3S. The lowest BCUT2D eigenvalue weighted by Crippen LogP contribution is -2.13. The van der Waals surface area contributed by atoms with E-state index in [1.54, 1.807) is 48.5 Å². The van der Waals surface area contributed by atoms with Crippen LogP contribution < -0.4 is 15.8 Å². The number of carbonyl (C=O) groups excluding carboxylic acids is 1. The van der Waals surface area contributed by atoms with E-state index in [0.29, 0.717) is 16.9 Å². The SMILES string of the molecule is Cc1ccc(S(=O)(=O)Nc2ccc(/C=C/C(=O)Nc3ccccc3N)cn2)cc1. The molecule has 2 aromatic carbocycles. The number of amides is 1. The molecule has 0 fully saturated rings. The summed E-state index contributed by atoms with van der Waals surface area (Å²) in [6.07, 6.45) is 4.38. The van der Waals surface area contributed by atoms with Crippen LogP contribution in [0.5, 0.6) is 0 Å². The molecule has 0 saturated heterocycles. The fourth-order valence-electron chi connectivity index (χ4n) is 2.44. The van der Waals surface area contributed by atoms with Crippen molar-refractivity contribution in [1.82, 2.24) is 4.98 Å². The number of nitrogens with zero attached hydrogens (tertiary/aromatic N) is 1. The number of nitrogen functional groups attached to an aromatic ring is 1. The van der Waals surface area contributed by atoms with E-state index in [1.807, 2.05) is 6.92 Å². The highest BCUT2D eigenvalue weighted by molar-refractivity contribution is 7.92. The monoisotopic (exact) mass is 408 g/mol. The van der Waals surface area contributed by atoms with Crippen LogP contribution in [-0.4, -0.2) is 19.3 Å². The number of aryl methyl sites for hydroxylation is 1. The Morgan fingerprint density at radius 3 is 2.41 bits per heavy atom. The molecule has 1 amide bonds. The van der Waals surface area contributed by atoms with Crippen molar-refractivity contribution in [2.45, 2.75) is 11.8 Å². The number of pyridine rings is 1. The number of para-hydroxylation sites is 2. The molecule has 3 rings (SSSR count). The number of anilines is 3. The third-order valence-corrected chi connectivity index (χ3v) is 5.37. The van der Waals surface area contributed by atoms with Crippen molar-refractivity contribution in [3.63, 3.8) is 0 Å². The predicted molar refractivity (Wildman–Crippen MR) is 115 cm³/mol. The third-order valence-electron chi connectivity index (χ3n) is 4.00. The first-order valence-corrected chi connectivity index (χ1v) is 10.2. The Bertz CT molecular complexity index is 1140. The molecule has 0 aliphatic heterocycles. The smallest absolute Gasteiger partial charge is 0.263 e. The highest BCUT2D eigenvalue weighted by Gasteiger charge is 2.14. The normalized spacial score (nSPS) is 11.3. The molecule has 0 aliphatic carbocycles. The largest absolute Gasteiger partial charge is 0.397 e. The number of sulfonamides is 1. The highest BCUT2D eigenvalue weighted by Crippen LogP contribution is 2.17. The Morgan fingerprint density at radius 1 is 1.03 bits per heavy atom. The maximum atomic E-state index is 12.4. The number of hydrogen-bond donors (Lipinski definition) is 3. The van der Waals surface area contributed by atoms with Crippen LogP contribution in [0.2, 0.25) is 0 Å². The summed E-state index contributed by atoms with van der Waals surface area (Å²) < 4.78 is 27.2. The molecule has 0 aliphatic rings. The summed E-state index contributed by atoms with van der Waals surface area (Å²) in [5.41, 5.74) is 8.40. The van der Waals surface area contributed by atoms with Gasteiger partial charge < -0.3 is 11.1 Å². The van der Waals surface area contributed by atoms with E-state index >= 15 is 0 Å². The van der Waals surface area contributed by atoms with Gasteiger partial charge in [-0.3, -0.25) is 9.52 Å². The maximum absolute atomic E-state index is 12.4. The van der Waals surface area contributed by atoms with Crippen LogP contribution in [0.3, 0.4) is 0 Å². The van der Waals surface area contributed by atoms with E-state index in [9.17, 15) is 13.2 Å². The van der Waals surface area contributed by atoms with Gasteiger partial charge in [0.2, 0.25) is 5.91 Å². The molecule has 7 nitrogen and oxygen atoms in total. The van der Waals surface area contributed by atoms with Crippen molar-refractivity contribution in [2.24, 2.45) is 0 Å². The van der Waals surface area contributed by atoms with Crippen LogP contribution in [0.1, 0.15) is 11.1 Å². The number of benzene rings is 2. The van der Waals surface area contributed by atoms with Gasteiger partial charge >= 0.3 is 0 Å². The topological polar surface area (TPSA) is 114 Å². The summed E-state index contributed by atoms with van der Waals surface area (Å²) in [7, 11) is -3.71. The van der Waals surface area contributed by atoms with Gasteiger partial charge in [0.05, 0.1) is 16.3 Å². The van der Waals surface area contributed by atoms with E-state index in [2.05, 4.69) is 15.0 Å². The van der Waals surface area contributed by atoms with Crippen LogP contribution >= 0.6 is 0 Å². The van der Waals surface area contributed by atoms with Gasteiger partial charge in [-0.1, -0.05) is 29.8 Å². The minimum atomic E-state index is -3.71. The molecule has 0 saturated carbocycles. The Labute approximate surface area is 169 Å². The van der Waals surface area contributed by atoms with Crippen LogP contribution in [-0.2, 0) is 14.8 Å². The minimum Gasteiger partial charge on any atom is -0.397 e. The zero-order chi connectivity index (χ0) is 20.9. The van der Waals surface area contributed by atoms with Gasteiger partial charge in [-0.25, -0.2) is 13.4 Å². The molecule has 8 heteroatoms. The van der Waals surface area contributed by atoms with Crippen molar-refractivity contribution in [1.29, 1.82) is 0 Å². The molecule has 0 unspecified atom stereocenters. The molecule has 1 aromatic heterocycles. The first-order chi connectivity index (χ1) is 13.8. The van der Waals surface area contributed by atoms with Crippen molar-refractivity contribution in [3.8, 4) is 0 Å². The average molecular weight is 408 g/mol. The summed E-state index contributed by atoms with van der Waals surface area (Å²) in [5.74, 6) is -0.156. The van der Waals surface area contributed by atoms with Gasteiger partial charge in [-0.15, -0.1) is 0 Å². The Morgan fingerprint density at radius 2 is 1.76 bits per heavy atom. The molecule has 29 heavy (non-hydrogen) atoms. The summed E-state index contributed by atoms with van der Waals surface area (Å²) in [6.45, 7) is 1.88. The lowest BCUT2D eigenvalue weighted by molar-refractivity contribution is -0.111. The molecule has 0 radical (unpaired) electrons. The number of hydrogen-bond acceptors (Lipinski definition) is 5. The van der Waals surface area contributed by atoms with Crippen molar-refractivity contribution >= 4 is 39.2 Å². The lowest BCUT2D eigenvalue weighted by Gasteiger charge is -2.08. The summed E-state index contributed by atoms with van der Waals surface area (Å²) >= 11 is 0. The maximum Gasteiger partial charge on any atom is 0.263 e. The molecule has 0 bridgehead atoms. The van der Waals surface area contributed by atoms with E-state index in [1.165, 1.54) is 30.5 Å². The Balaban J connectivity index is 1.64. The summed E-state index contributed by atoms with van der Waals surface area (Å²) in [4.78, 5) is 16.3. The first-order valence-electron chi connectivity index (χ1n) is 8.72. The van der Waals surface area contributed by atoms with Gasteiger partial charge in [0.25, 0.3) is 10.0 Å². The van der Waals surface area contributed by atoms with Crippen LogP contribution in [0.4, 0.5) is 17.2 Å². The summed E-state index contributed by atoms with van der Waals surface area (Å²) in [6, 6.07) is 16.7. The highest BCUT2D eigenvalue weighted by atomic mass is 32.2. The second-order valence-corrected chi connectivity index (χ2v) is 7.99. The Hall–Kier alpha value is -3.65. The van der Waals surface area contributed by atoms with Crippen LogP contribution in [0.15, 0.2) is 77.8 Å². The third kappa shape index (κ3) is 5.43. The lowest BCUT2D eigenvalue weighted by atomic mass is 10.2. The fraction of sp³-hybridized carbons (Fsp3) is 0.0476. The predicted octanol–water partition coefficient (Wildman–Crippen LogP) is 3.42. The number of nitrogens with two attached hydrogens (primary N) is 1. The van der Waals surface area contributed by atoms with Crippen molar-refractivity contribution < 1.29 is 13.2 Å². The summed E-state index contributed by atoms with van der Waals surface area (Å²) in [5, 5.41) is 2.68. The van der Waals surface area contributed by atoms with E-state index in [0.717, 1.165) is 5.56 Å². The van der Waals surface area contributed by atoms with Crippen molar-refractivity contribution in [2.75, 3.05) is 15.8 Å². The van der Waals surface area contributed by atoms with E-state index in [4.69, 9.17) is 5.73 Å². The fourth-order valence-corrected chi connectivity index (χ4v) is 3.44. The van der Waals surface area contributed by atoms with Crippen LogP contribution in [0.25, 0.3) is 6.08 Å². The first kappa shape index (κ1) is 20.1. The van der Waals surface area contributed by atoms with E-state index in [-0.39, 0.29) is 16.6 Å². The molecule has 4 N–H and O–H groups in total.